The van der Waals surface area contributed by atoms with Crippen molar-refractivity contribution in [2.24, 2.45) is 5.92 Å². The normalized spacial score (nSPS) is 25.2. The standard InChI is InChI=1S/C16H20FN3O2/c17-13-5-3-11(4-6-13)15(21)12-2-1-9-20(10-12)16(22)14-7-8-18-19-14/h3-6,12,14,18-19H,1-2,7-10H2/t12-,14?/m0/s1. The minimum absolute atomic E-state index is 0.00462. The van der Waals surface area contributed by atoms with Crippen LogP contribution in [-0.2, 0) is 4.79 Å². The van der Waals surface area contributed by atoms with Crippen molar-refractivity contribution in [3.05, 3.63) is 35.6 Å². The molecular formula is C16H20FN3O2. The van der Waals surface area contributed by atoms with Gasteiger partial charge in [0, 0.05) is 31.1 Å². The second kappa shape index (κ2) is 6.54. The van der Waals surface area contributed by atoms with Crippen molar-refractivity contribution in [3.8, 4) is 0 Å². The Labute approximate surface area is 128 Å². The Hall–Kier alpha value is -1.79. The fraction of sp³-hybridized carbons (Fsp3) is 0.500. The smallest absolute Gasteiger partial charge is 0.241 e. The van der Waals surface area contributed by atoms with Gasteiger partial charge in [0.05, 0.1) is 0 Å². The van der Waals surface area contributed by atoms with Gasteiger partial charge < -0.3 is 4.90 Å². The van der Waals surface area contributed by atoms with Crippen molar-refractivity contribution in [2.75, 3.05) is 19.6 Å². The third-order valence-corrected chi connectivity index (χ3v) is 4.36. The fourth-order valence-electron chi connectivity index (χ4n) is 3.13. The maximum absolute atomic E-state index is 13.0. The van der Waals surface area contributed by atoms with E-state index in [1.54, 1.807) is 4.90 Å². The number of halogens is 1. The van der Waals surface area contributed by atoms with Crippen molar-refractivity contribution >= 4 is 11.7 Å². The highest BCUT2D eigenvalue weighted by Crippen LogP contribution is 2.22. The van der Waals surface area contributed by atoms with Crippen LogP contribution < -0.4 is 10.9 Å². The van der Waals surface area contributed by atoms with Gasteiger partial charge in [-0.25, -0.2) is 9.82 Å². The van der Waals surface area contributed by atoms with Crippen molar-refractivity contribution in [2.45, 2.75) is 25.3 Å². The number of Topliss-reactive ketones (excluding diaryl/α,β-unsaturated/α-hetero) is 1. The van der Waals surface area contributed by atoms with E-state index >= 15 is 0 Å². The van der Waals surface area contributed by atoms with E-state index in [1.165, 1.54) is 24.3 Å². The van der Waals surface area contributed by atoms with E-state index in [2.05, 4.69) is 10.9 Å². The number of carbonyl (C=O) groups is 2. The molecule has 1 aromatic carbocycles. The average molecular weight is 305 g/mol. The summed E-state index contributed by atoms with van der Waals surface area (Å²) < 4.78 is 13.0. The Balaban J connectivity index is 1.65. The lowest BCUT2D eigenvalue weighted by molar-refractivity contribution is -0.134. The first-order chi connectivity index (χ1) is 10.6. The molecule has 0 saturated carbocycles. The Morgan fingerprint density at radius 1 is 1.18 bits per heavy atom. The molecule has 0 aromatic heterocycles. The van der Waals surface area contributed by atoms with Crippen molar-refractivity contribution < 1.29 is 14.0 Å². The second-order valence-electron chi connectivity index (χ2n) is 5.91. The van der Waals surface area contributed by atoms with Crippen LogP contribution in [0.4, 0.5) is 4.39 Å². The highest BCUT2D eigenvalue weighted by atomic mass is 19.1. The highest BCUT2D eigenvalue weighted by Gasteiger charge is 2.33. The summed E-state index contributed by atoms with van der Waals surface area (Å²) >= 11 is 0. The predicted molar refractivity (Wildman–Crippen MR) is 79.6 cm³/mol. The summed E-state index contributed by atoms with van der Waals surface area (Å²) in [5, 5.41) is 0. The summed E-state index contributed by atoms with van der Waals surface area (Å²) in [5.74, 6) is -0.494. The highest BCUT2D eigenvalue weighted by molar-refractivity contribution is 5.98. The van der Waals surface area contributed by atoms with E-state index < -0.39 is 0 Å². The first-order valence-corrected chi connectivity index (χ1v) is 7.72. The van der Waals surface area contributed by atoms with Crippen molar-refractivity contribution in [1.29, 1.82) is 0 Å². The van der Waals surface area contributed by atoms with Crippen LogP contribution in [-0.4, -0.2) is 42.3 Å². The molecular weight excluding hydrogens is 285 g/mol. The van der Waals surface area contributed by atoms with Gasteiger partial charge in [-0.2, -0.15) is 0 Å². The van der Waals surface area contributed by atoms with Crippen LogP contribution in [0.2, 0.25) is 0 Å². The predicted octanol–water partition coefficient (Wildman–Crippen LogP) is 1.11. The van der Waals surface area contributed by atoms with Crippen LogP contribution >= 0.6 is 0 Å². The number of benzene rings is 1. The summed E-state index contributed by atoms with van der Waals surface area (Å²) in [7, 11) is 0. The lowest BCUT2D eigenvalue weighted by Gasteiger charge is -2.33. The van der Waals surface area contributed by atoms with Gasteiger partial charge in [0.15, 0.2) is 5.78 Å². The third-order valence-electron chi connectivity index (χ3n) is 4.36. The first kappa shape index (κ1) is 15.1. The number of hydrogen-bond donors (Lipinski definition) is 2. The number of nitrogens with one attached hydrogen (secondary N) is 2. The van der Waals surface area contributed by atoms with E-state index in [0.29, 0.717) is 18.7 Å². The molecule has 1 aromatic rings. The van der Waals surface area contributed by atoms with Crippen LogP contribution in [0.1, 0.15) is 29.6 Å². The summed E-state index contributed by atoms with van der Waals surface area (Å²) in [6.07, 6.45) is 2.37. The Morgan fingerprint density at radius 3 is 2.64 bits per heavy atom. The maximum Gasteiger partial charge on any atom is 0.241 e. The number of nitrogens with zero attached hydrogens (tertiary/aromatic N) is 1. The summed E-state index contributed by atoms with van der Waals surface area (Å²) in [6.45, 7) is 1.93. The maximum atomic E-state index is 13.0. The van der Waals surface area contributed by atoms with Gasteiger partial charge in [-0.05, 0) is 43.5 Å². The topological polar surface area (TPSA) is 61.4 Å². The molecule has 2 saturated heterocycles. The summed E-state index contributed by atoms with van der Waals surface area (Å²) in [6, 6.07) is 5.43. The molecule has 2 aliphatic heterocycles. The molecule has 2 heterocycles. The Bertz CT molecular complexity index is 555. The second-order valence-corrected chi connectivity index (χ2v) is 5.91. The van der Waals surface area contributed by atoms with E-state index in [1.807, 2.05) is 0 Å². The molecule has 5 nitrogen and oxygen atoms in total. The molecule has 2 aliphatic rings. The molecule has 3 rings (SSSR count). The van der Waals surface area contributed by atoms with Crippen LogP contribution in [0.15, 0.2) is 24.3 Å². The largest absolute Gasteiger partial charge is 0.341 e. The zero-order valence-electron chi connectivity index (χ0n) is 12.3. The zero-order valence-corrected chi connectivity index (χ0v) is 12.3. The molecule has 0 radical (unpaired) electrons. The van der Waals surface area contributed by atoms with Crippen molar-refractivity contribution in [1.82, 2.24) is 15.8 Å². The molecule has 2 atom stereocenters. The number of hydrazine groups is 1. The van der Waals surface area contributed by atoms with Gasteiger partial charge in [0.1, 0.15) is 11.9 Å². The number of piperidine rings is 1. The van der Waals surface area contributed by atoms with Gasteiger partial charge in [0.2, 0.25) is 5.91 Å². The molecule has 1 unspecified atom stereocenters. The van der Waals surface area contributed by atoms with Crippen LogP contribution in [0.5, 0.6) is 0 Å². The first-order valence-electron chi connectivity index (χ1n) is 7.72. The minimum atomic E-state index is -0.350. The molecule has 1 amide bonds. The van der Waals surface area contributed by atoms with Crippen molar-refractivity contribution in [3.63, 3.8) is 0 Å². The van der Waals surface area contributed by atoms with E-state index in [0.717, 1.165) is 25.8 Å². The summed E-state index contributed by atoms with van der Waals surface area (Å²) in [5.41, 5.74) is 6.44. The Morgan fingerprint density at radius 2 is 1.95 bits per heavy atom. The molecule has 2 fully saturated rings. The molecule has 6 heteroatoms. The zero-order chi connectivity index (χ0) is 15.5. The van der Waals surface area contributed by atoms with Gasteiger partial charge in [-0.3, -0.25) is 15.0 Å². The fourth-order valence-corrected chi connectivity index (χ4v) is 3.13. The number of ketones is 1. The number of likely N-dealkylation sites (tertiary alicyclic amines) is 1. The molecule has 0 spiro atoms. The van der Waals surface area contributed by atoms with Crippen LogP contribution in [0, 0.1) is 11.7 Å². The lowest BCUT2D eigenvalue weighted by Crippen LogP contribution is -2.50. The van der Waals surface area contributed by atoms with Gasteiger partial charge in [0.25, 0.3) is 0 Å². The molecule has 22 heavy (non-hydrogen) atoms. The quantitative estimate of drug-likeness (QED) is 0.822. The van der Waals surface area contributed by atoms with Crippen LogP contribution in [0.25, 0.3) is 0 Å². The summed E-state index contributed by atoms with van der Waals surface area (Å²) in [4.78, 5) is 26.7. The minimum Gasteiger partial charge on any atom is -0.341 e. The van der Waals surface area contributed by atoms with Gasteiger partial charge in [-0.15, -0.1) is 0 Å². The number of rotatable bonds is 3. The monoisotopic (exact) mass is 305 g/mol. The number of amides is 1. The van der Waals surface area contributed by atoms with Gasteiger partial charge in [-0.1, -0.05) is 0 Å². The van der Waals surface area contributed by atoms with E-state index in [-0.39, 0.29) is 29.5 Å². The average Bonchev–Trinajstić information content (AvgIpc) is 3.09. The van der Waals surface area contributed by atoms with Gasteiger partial charge >= 0.3 is 0 Å². The number of carbonyl (C=O) groups excluding carboxylic acids is 2. The number of hydrogen-bond acceptors (Lipinski definition) is 4. The molecule has 2 N–H and O–H groups in total. The lowest BCUT2D eigenvalue weighted by atomic mass is 9.89. The van der Waals surface area contributed by atoms with E-state index in [9.17, 15) is 14.0 Å². The third kappa shape index (κ3) is 3.18. The molecule has 0 aliphatic carbocycles. The Kier molecular flexibility index (Phi) is 4.49. The SMILES string of the molecule is O=C(c1ccc(F)cc1)[C@H]1CCCN(C(=O)C2CCNN2)C1. The molecule has 0 bridgehead atoms. The molecule has 118 valence electrons. The van der Waals surface area contributed by atoms with E-state index in [4.69, 9.17) is 0 Å². The van der Waals surface area contributed by atoms with Crippen LogP contribution in [0.3, 0.4) is 0 Å².